The summed E-state index contributed by atoms with van der Waals surface area (Å²) in [6.07, 6.45) is 3.47. The minimum atomic E-state index is -0.787. The predicted octanol–water partition coefficient (Wildman–Crippen LogP) is 2.33. The predicted molar refractivity (Wildman–Crippen MR) is 68.7 cm³/mol. The fourth-order valence-corrected chi connectivity index (χ4v) is 2.40. The number of aromatic nitrogens is 1. The Bertz CT molecular complexity index is 370. The first kappa shape index (κ1) is 12.6. The van der Waals surface area contributed by atoms with Gasteiger partial charge >= 0.3 is 0 Å². The van der Waals surface area contributed by atoms with Crippen molar-refractivity contribution < 1.29 is 4.21 Å². The molecule has 2 atom stereocenters. The van der Waals surface area contributed by atoms with E-state index in [4.69, 9.17) is 0 Å². The molecule has 0 bridgehead atoms. The fraction of sp³-hybridized carbons (Fsp3) is 0.500. The molecule has 1 aromatic rings. The van der Waals surface area contributed by atoms with Gasteiger partial charge in [0.2, 0.25) is 0 Å². The summed E-state index contributed by atoms with van der Waals surface area (Å²) in [5.74, 6) is 1.44. The van der Waals surface area contributed by atoms with Crippen molar-refractivity contribution in [3.63, 3.8) is 0 Å². The van der Waals surface area contributed by atoms with Crippen LogP contribution in [0, 0.1) is 6.92 Å². The van der Waals surface area contributed by atoms with Crippen LogP contribution in [0.4, 0.5) is 5.82 Å². The Hall–Kier alpha value is -0.420. The molecule has 0 fully saturated rings. The van der Waals surface area contributed by atoms with Crippen molar-refractivity contribution in [2.24, 2.45) is 0 Å². The normalized spacial score (nSPS) is 14.7. The standard InChI is InChI=1S/C10H15BrN2OS/c1-7-4-5-12-10(9(7)11)13-8(2)6-15(3)14/h4-5,8H,6H2,1-3H3,(H,12,13). The molecule has 1 heterocycles. The van der Waals surface area contributed by atoms with Gasteiger partial charge in [0.1, 0.15) is 5.82 Å². The molecule has 0 radical (unpaired) electrons. The highest BCUT2D eigenvalue weighted by atomic mass is 79.9. The third-order valence-corrected chi connectivity index (χ3v) is 3.92. The number of rotatable bonds is 4. The second kappa shape index (κ2) is 5.61. The zero-order valence-corrected chi connectivity index (χ0v) is 11.5. The lowest BCUT2D eigenvalue weighted by molar-refractivity contribution is 0.683. The Labute approximate surface area is 101 Å². The number of pyridine rings is 1. The summed E-state index contributed by atoms with van der Waals surface area (Å²) in [5.41, 5.74) is 1.14. The minimum absolute atomic E-state index is 0.154. The second-order valence-electron chi connectivity index (χ2n) is 3.58. The van der Waals surface area contributed by atoms with Crippen molar-refractivity contribution in [2.45, 2.75) is 19.9 Å². The van der Waals surface area contributed by atoms with Crippen LogP contribution in [0.5, 0.6) is 0 Å². The first-order valence-electron chi connectivity index (χ1n) is 4.68. The summed E-state index contributed by atoms with van der Waals surface area (Å²) in [4.78, 5) is 4.23. The molecule has 2 unspecified atom stereocenters. The van der Waals surface area contributed by atoms with Crippen LogP contribution in [0.25, 0.3) is 0 Å². The Morgan fingerprint density at radius 1 is 1.67 bits per heavy atom. The van der Waals surface area contributed by atoms with Gasteiger partial charge in [0.15, 0.2) is 0 Å². The lowest BCUT2D eigenvalue weighted by Gasteiger charge is -2.14. The summed E-state index contributed by atoms with van der Waals surface area (Å²) in [5, 5.41) is 3.23. The molecule has 0 saturated heterocycles. The molecule has 0 amide bonds. The van der Waals surface area contributed by atoms with Crippen LogP contribution in [0.3, 0.4) is 0 Å². The maximum atomic E-state index is 11.0. The molecule has 15 heavy (non-hydrogen) atoms. The topological polar surface area (TPSA) is 42.0 Å². The van der Waals surface area contributed by atoms with E-state index in [-0.39, 0.29) is 6.04 Å². The molecule has 1 rings (SSSR count). The highest BCUT2D eigenvalue weighted by Crippen LogP contribution is 2.23. The Morgan fingerprint density at radius 2 is 2.33 bits per heavy atom. The number of anilines is 1. The zero-order chi connectivity index (χ0) is 11.4. The summed E-state index contributed by atoms with van der Waals surface area (Å²) >= 11 is 3.47. The van der Waals surface area contributed by atoms with Crippen LogP contribution in [-0.2, 0) is 10.8 Å². The molecule has 84 valence electrons. The molecular formula is C10H15BrN2OS. The van der Waals surface area contributed by atoms with Crippen molar-refractivity contribution in [3.8, 4) is 0 Å². The van der Waals surface area contributed by atoms with Crippen LogP contribution < -0.4 is 5.32 Å². The summed E-state index contributed by atoms with van der Waals surface area (Å²) in [6, 6.07) is 2.10. The Morgan fingerprint density at radius 3 is 2.93 bits per heavy atom. The lowest BCUT2D eigenvalue weighted by atomic mass is 10.3. The third-order valence-electron chi connectivity index (χ3n) is 1.95. The first-order valence-corrected chi connectivity index (χ1v) is 7.20. The van der Waals surface area contributed by atoms with E-state index in [2.05, 4.69) is 26.2 Å². The van der Waals surface area contributed by atoms with E-state index < -0.39 is 10.8 Å². The minimum Gasteiger partial charge on any atom is -0.366 e. The molecule has 0 aromatic carbocycles. The largest absolute Gasteiger partial charge is 0.366 e. The number of nitrogens with one attached hydrogen (secondary N) is 1. The molecule has 0 spiro atoms. The Balaban J connectivity index is 2.72. The van der Waals surface area contributed by atoms with Gasteiger partial charge in [0, 0.05) is 35.0 Å². The SMILES string of the molecule is Cc1ccnc(NC(C)CS(C)=O)c1Br. The van der Waals surface area contributed by atoms with Crippen LogP contribution in [0.15, 0.2) is 16.7 Å². The lowest BCUT2D eigenvalue weighted by Crippen LogP contribution is -2.23. The van der Waals surface area contributed by atoms with Crippen molar-refractivity contribution in [3.05, 3.63) is 22.3 Å². The number of halogens is 1. The van der Waals surface area contributed by atoms with Gasteiger partial charge in [0.05, 0.1) is 4.47 Å². The fourth-order valence-electron chi connectivity index (χ4n) is 1.27. The number of nitrogens with zero attached hydrogens (tertiary/aromatic N) is 1. The molecule has 3 nitrogen and oxygen atoms in total. The third kappa shape index (κ3) is 3.91. The summed E-state index contributed by atoms with van der Waals surface area (Å²) in [6.45, 7) is 4.01. The zero-order valence-electron chi connectivity index (χ0n) is 9.08. The molecular weight excluding hydrogens is 276 g/mol. The van der Waals surface area contributed by atoms with Crippen LogP contribution in [0.2, 0.25) is 0 Å². The van der Waals surface area contributed by atoms with Crippen molar-refractivity contribution >= 4 is 32.5 Å². The molecule has 1 aromatic heterocycles. The van der Waals surface area contributed by atoms with E-state index in [1.54, 1.807) is 12.5 Å². The van der Waals surface area contributed by atoms with Gasteiger partial charge in [-0.05, 0) is 41.4 Å². The molecule has 0 aliphatic heterocycles. The van der Waals surface area contributed by atoms with E-state index in [9.17, 15) is 4.21 Å². The molecule has 0 aliphatic carbocycles. The van der Waals surface area contributed by atoms with Gasteiger partial charge in [-0.2, -0.15) is 0 Å². The Kier molecular flexibility index (Phi) is 4.73. The molecule has 0 aliphatic rings. The van der Waals surface area contributed by atoms with Gasteiger partial charge in [-0.3, -0.25) is 4.21 Å². The van der Waals surface area contributed by atoms with Gasteiger partial charge < -0.3 is 5.32 Å². The summed E-state index contributed by atoms with van der Waals surface area (Å²) in [7, 11) is -0.787. The second-order valence-corrected chi connectivity index (χ2v) is 5.85. The van der Waals surface area contributed by atoms with E-state index in [1.807, 2.05) is 19.9 Å². The van der Waals surface area contributed by atoms with E-state index in [0.29, 0.717) is 5.75 Å². The summed E-state index contributed by atoms with van der Waals surface area (Å²) < 4.78 is 12.0. The van der Waals surface area contributed by atoms with Crippen molar-refractivity contribution in [1.82, 2.24) is 4.98 Å². The van der Waals surface area contributed by atoms with Crippen molar-refractivity contribution in [1.29, 1.82) is 0 Å². The highest BCUT2D eigenvalue weighted by molar-refractivity contribution is 9.10. The van der Waals surface area contributed by atoms with Gasteiger partial charge in [-0.1, -0.05) is 0 Å². The van der Waals surface area contributed by atoms with E-state index in [1.165, 1.54) is 0 Å². The number of hydrogen-bond donors (Lipinski definition) is 1. The molecule has 0 saturated carbocycles. The molecule has 1 N–H and O–H groups in total. The number of hydrogen-bond acceptors (Lipinski definition) is 3. The van der Waals surface area contributed by atoms with Crippen LogP contribution in [-0.4, -0.2) is 27.2 Å². The number of aryl methyl sites for hydroxylation is 1. The maximum absolute atomic E-state index is 11.0. The van der Waals surface area contributed by atoms with Crippen molar-refractivity contribution in [2.75, 3.05) is 17.3 Å². The molecule has 5 heteroatoms. The average molecular weight is 291 g/mol. The van der Waals surface area contributed by atoms with Crippen LogP contribution in [0.1, 0.15) is 12.5 Å². The monoisotopic (exact) mass is 290 g/mol. The maximum Gasteiger partial charge on any atom is 0.140 e. The highest BCUT2D eigenvalue weighted by Gasteiger charge is 2.08. The average Bonchev–Trinajstić information content (AvgIpc) is 2.11. The van der Waals surface area contributed by atoms with Crippen LogP contribution >= 0.6 is 15.9 Å². The first-order chi connectivity index (χ1) is 7.00. The smallest absolute Gasteiger partial charge is 0.140 e. The quantitative estimate of drug-likeness (QED) is 0.925. The van der Waals surface area contributed by atoms with Gasteiger partial charge in [0.25, 0.3) is 0 Å². The van der Waals surface area contributed by atoms with E-state index in [0.717, 1.165) is 15.9 Å². The van der Waals surface area contributed by atoms with Gasteiger partial charge in [-0.25, -0.2) is 4.98 Å². The van der Waals surface area contributed by atoms with Gasteiger partial charge in [-0.15, -0.1) is 0 Å². The van der Waals surface area contributed by atoms with E-state index >= 15 is 0 Å².